The second-order valence-electron chi connectivity index (χ2n) is 6.61. The lowest BCUT2D eigenvalue weighted by atomic mass is 10.1. The van der Waals surface area contributed by atoms with Gasteiger partial charge in [-0.3, -0.25) is 9.36 Å². The summed E-state index contributed by atoms with van der Waals surface area (Å²) < 4.78 is 4.08. The number of alkyl halides is 1. The van der Waals surface area contributed by atoms with Crippen LogP contribution >= 0.6 is 22.6 Å². The predicted molar refractivity (Wildman–Crippen MR) is 113 cm³/mol. The molecule has 2 heterocycles. The highest BCUT2D eigenvalue weighted by Crippen LogP contribution is 2.24. The lowest BCUT2D eigenvalue weighted by Gasteiger charge is -2.18. The minimum absolute atomic E-state index is 0.282. The van der Waals surface area contributed by atoms with Gasteiger partial charge in [-0.25, -0.2) is 9.78 Å². The quantitative estimate of drug-likeness (QED) is 0.318. The standard InChI is InChI=1S/C19H23IN4O2/c1-4-5-8-23-15-11-13(3)12(2)10-14(15)21-16-17(23)22-19(26)24(18(16)25)9-6-7-20/h10-11H,4-9H2,1-3H3. The average molecular weight is 466 g/mol. The van der Waals surface area contributed by atoms with Crippen LogP contribution in [-0.2, 0) is 13.1 Å². The maximum atomic E-state index is 12.9. The molecule has 0 N–H and O–H groups in total. The zero-order valence-electron chi connectivity index (χ0n) is 15.4. The van der Waals surface area contributed by atoms with Crippen molar-refractivity contribution in [1.29, 1.82) is 0 Å². The topological polar surface area (TPSA) is 69.8 Å². The van der Waals surface area contributed by atoms with Gasteiger partial charge in [-0.1, -0.05) is 35.9 Å². The zero-order chi connectivity index (χ0) is 18.8. The SMILES string of the molecule is CCCCn1c2nc(=O)n(CCCI)c(=O)c-2nc2cc(C)c(C)cc21. The molecule has 1 aromatic rings. The van der Waals surface area contributed by atoms with E-state index in [1.54, 1.807) is 0 Å². The molecule has 0 spiro atoms. The van der Waals surface area contributed by atoms with E-state index in [4.69, 9.17) is 0 Å². The minimum atomic E-state index is -0.484. The van der Waals surface area contributed by atoms with Gasteiger partial charge in [-0.2, -0.15) is 4.98 Å². The van der Waals surface area contributed by atoms with Gasteiger partial charge in [0.05, 0.1) is 11.0 Å². The number of benzene rings is 1. The number of aryl methyl sites for hydroxylation is 3. The third-order valence-corrected chi connectivity index (χ3v) is 5.48. The van der Waals surface area contributed by atoms with E-state index in [0.29, 0.717) is 18.9 Å². The van der Waals surface area contributed by atoms with Crippen molar-refractivity contribution in [1.82, 2.24) is 19.1 Å². The van der Waals surface area contributed by atoms with Gasteiger partial charge < -0.3 is 4.57 Å². The lowest BCUT2D eigenvalue weighted by Crippen LogP contribution is -2.38. The normalized spacial score (nSPS) is 11.5. The van der Waals surface area contributed by atoms with E-state index in [0.717, 1.165) is 45.9 Å². The Labute approximate surface area is 165 Å². The van der Waals surface area contributed by atoms with Crippen molar-refractivity contribution in [2.45, 2.75) is 53.1 Å². The molecule has 1 aromatic carbocycles. The van der Waals surface area contributed by atoms with Crippen LogP contribution in [0.15, 0.2) is 21.7 Å². The number of fused-ring (bicyclic) bond motifs is 2. The third-order valence-electron chi connectivity index (χ3n) is 4.71. The summed E-state index contributed by atoms with van der Waals surface area (Å²) >= 11 is 2.24. The van der Waals surface area contributed by atoms with Crippen molar-refractivity contribution in [3.05, 3.63) is 44.1 Å². The van der Waals surface area contributed by atoms with Gasteiger partial charge >= 0.3 is 5.69 Å². The van der Waals surface area contributed by atoms with Crippen molar-refractivity contribution in [2.75, 3.05) is 4.43 Å². The van der Waals surface area contributed by atoms with Crippen LogP contribution in [0.25, 0.3) is 22.6 Å². The summed E-state index contributed by atoms with van der Waals surface area (Å²) in [6.45, 7) is 7.29. The van der Waals surface area contributed by atoms with Gasteiger partial charge in [-0.15, -0.1) is 0 Å². The molecule has 0 aromatic heterocycles. The molecule has 0 saturated carbocycles. The van der Waals surface area contributed by atoms with Gasteiger partial charge in [0.1, 0.15) is 0 Å². The smallest absolute Gasteiger partial charge is 0.322 e. The molecule has 138 valence electrons. The molecule has 7 heteroatoms. The van der Waals surface area contributed by atoms with Gasteiger partial charge in [0.25, 0.3) is 5.56 Å². The van der Waals surface area contributed by atoms with Crippen LogP contribution in [-0.4, -0.2) is 23.5 Å². The van der Waals surface area contributed by atoms with Crippen molar-refractivity contribution in [3.8, 4) is 11.5 Å². The number of aromatic nitrogens is 4. The number of unbranched alkanes of at least 4 members (excludes halogenated alkanes) is 1. The molecular weight excluding hydrogens is 443 g/mol. The highest BCUT2D eigenvalue weighted by molar-refractivity contribution is 14.1. The molecule has 0 fully saturated rings. The number of nitrogens with zero attached hydrogens (tertiary/aromatic N) is 4. The van der Waals surface area contributed by atoms with E-state index in [9.17, 15) is 9.59 Å². The molecule has 3 rings (SSSR count). The van der Waals surface area contributed by atoms with E-state index in [1.165, 1.54) is 4.57 Å². The maximum absolute atomic E-state index is 12.9. The van der Waals surface area contributed by atoms with Gasteiger partial charge in [0.2, 0.25) is 0 Å². The number of hydrogen-bond acceptors (Lipinski definition) is 4. The van der Waals surface area contributed by atoms with Crippen LogP contribution in [0.3, 0.4) is 0 Å². The summed E-state index contributed by atoms with van der Waals surface area (Å²) in [4.78, 5) is 34.2. The number of halogens is 1. The third kappa shape index (κ3) is 3.41. The second-order valence-corrected chi connectivity index (χ2v) is 7.69. The lowest BCUT2D eigenvalue weighted by molar-refractivity contribution is 0.598. The highest BCUT2D eigenvalue weighted by atomic mass is 127. The van der Waals surface area contributed by atoms with Crippen LogP contribution in [0.1, 0.15) is 37.3 Å². The van der Waals surface area contributed by atoms with E-state index < -0.39 is 5.69 Å². The van der Waals surface area contributed by atoms with Crippen molar-refractivity contribution >= 4 is 33.6 Å². The summed E-state index contributed by atoms with van der Waals surface area (Å²) in [6.07, 6.45) is 2.71. The predicted octanol–water partition coefficient (Wildman–Crippen LogP) is 3.30. The fraction of sp³-hybridized carbons (Fsp3) is 0.474. The highest BCUT2D eigenvalue weighted by Gasteiger charge is 2.21. The number of rotatable bonds is 6. The summed E-state index contributed by atoms with van der Waals surface area (Å²) in [5.74, 6) is 0.398. The first kappa shape index (κ1) is 19.0. The van der Waals surface area contributed by atoms with Crippen molar-refractivity contribution < 1.29 is 0 Å². The first-order valence-electron chi connectivity index (χ1n) is 8.96. The van der Waals surface area contributed by atoms with Crippen LogP contribution in [0, 0.1) is 13.8 Å². The van der Waals surface area contributed by atoms with Crippen LogP contribution < -0.4 is 11.2 Å². The summed E-state index contributed by atoms with van der Waals surface area (Å²) in [5.41, 5.74) is 3.44. The summed E-state index contributed by atoms with van der Waals surface area (Å²) in [5, 5.41) is 0. The Morgan fingerprint density at radius 3 is 2.38 bits per heavy atom. The van der Waals surface area contributed by atoms with E-state index in [1.807, 2.05) is 17.6 Å². The van der Waals surface area contributed by atoms with Gasteiger partial charge in [-0.05, 0) is 49.9 Å². The van der Waals surface area contributed by atoms with Crippen molar-refractivity contribution in [3.63, 3.8) is 0 Å². The number of hydrogen-bond donors (Lipinski definition) is 0. The molecule has 26 heavy (non-hydrogen) atoms. The van der Waals surface area contributed by atoms with Crippen LogP contribution in [0.5, 0.6) is 0 Å². The Bertz CT molecular complexity index is 1040. The van der Waals surface area contributed by atoms with Crippen molar-refractivity contribution in [2.24, 2.45) is 0 Å². The zero-order valence-corrected chi connectivity index (χ0v) is 17.5. The van der Waals surface area contributed by atoms with E-state index >= 15 is 0 Å². The summed E-state index contributed by atoms with van der Waals surface area (Å²) in [7, 11) is 0. The first-order chi connectivity index (χ1) is 12.5. The van der Waals surface area contributed by atoms with Crippen LogP contribution in [0.4, 0.5) is 0 Å². The largest absolute Gasteiger partial charge is 0.352 e. The first-order valence-corrected chi connectivity index (χ1v) is 10.5. The molecule has 0 aliphatic carbocycles. The monoisotopic (exact) mass is 466 g/mol. The molecule has 2 aliphatic heterocycles. The Morgan fingerprint density at radius 1 is 1.00 bits per heavy atom. The average Bonchev–Trinajstić information content (AvgIpc) is 2.61. The Balaban J connectivity index is 2.38. The van der Waals surface area contributed by atoms with Gasteiger partial charge in [0.15, 0.2) is 11.5 Å². The molecule has 0 saturated heterocycles. The fourth-order valence-corrected chi connectivity index (χ4v) is 3.43. The molecule has 0 bridgehead atoms. The minimum Gasteiger partial charge on any atom is -0.322 e. The molecule has 0 amide bonds. The van der Waals surface area contributed by atoms with E-state index in [-0.39, 0.29) is 11.3 Å². The molecular formula is C19H23IN4O2. The Kier molecular flexibility index (Phi) is 5.74. The fourth-order valence-electron chi connectivity index (χ4n) is 3.08. The molecule has 6 nitrogen and oxygen atoms in total. The van der Waals surface area contributed by atoms with E-state index in [2.05, 4.69) is 52.5 Å². The molecule has 2 aliphatic rings. The summed E-state index contributed by atoms with van der Waals surface area (Å²) in [6, 6.07) is 4.08. The molecule has 0 atom stereocenters. The van der Waals surface area contributed by atoms with Gasteiger partial charge in [0, 0.05) is 17.5 Å². The Morgan fingerprint density at radius 2 is 1.69 bits per heavy atom. The Hall–Kier alpha value is -1.77. The maximum Gasteiger partial charge on any atom is 0.352 e. The van der Waals surface area contributed by atoms with Crippen LogP contribution in [0.2, 0.25) is 0 Å². The molecule has 0 radical (unpaired) electrons. The molecule has 0 unspecified atom stereocenters. The second kappa shape index (κ2) is 7.85.